The third kappa shape index (κ3) is 4.98. The van der Waals surface area contributed by atoms with Gasteiger partial charge in [0, 0.05) is 32.2 Å². The number of rotatable bonds is 7. The van der Waals surface area contributed by atoms with Gasteiger partial charge in [0.25, 0.3) is 0 Å². The summed E-state index contributed by atoms with van der Waals surface area (Å²) in [6, 6.07) is 24.5. The number of aryl methyl sites for hydroxylation is 2. The first-order valence-electron chi connectivity index (χ1n) is 11.5. The molecule has 1 saturated heterocycles. The van der Waals surface area contributed by atoms with Crippen molar-refractivity contribution in [3.63, 3.8) is 0 Å². The molecule has 0 aromatic heterocycles. The molecule has 0 amide bonds. The summed E-state index contributed by atoms with van der Waals surface area (Å²) in [5, 5.41) is 0. The average Bonchev–Trinajstić information content (AvgIpc) is 2.83. The molecule has 0 atom stereocenters. The van der Waals surface area contributed by atoms with E-state index in [9.17, 15) is 8.42 Å². The number of piperazine rings is 1. The molecular formula is C27H32N2O3S. The average molecular weight is 465 g/mol. The number of ether oxygens (including phenoxy) is 1. The smallest absolute Gasteiger partial charge is 0.243 e. The fraction of sp³-hybridized carbons (Fsp3) is 0.333. The molecule has 0 saturated carbocycles. The maximum atomic E-state index is 13.5. The summed E-state index contributed by atoms with van der Waals surface area (Å²) >= 11 is 0. The minimum atomic E-state index is -3.60. The van der Waals surface area contributed by atoms with Crippen LogP contribution < -0.4 is 4.74 Å². The standard InChI is InChI=1S/C27H32N2O3S/c1-4-32-25-20-26(22(3)19-21(25)2)33(30,31)29-17-15-28(16-18-29)27(23-11-7-5-8-12-23)24-13-9-6-10-14-24/h5-14,19-20,27H,4,15-18H2,1-3H3. The zero-order valence-electron chi connectivity index (χ0n) is 19.6. The fourth-order valence-electron chi connectivity index (χ4n) is 4.63. The Labute approximate surface area is 197 Å². The minimum Gasteiger partial charge on any atom is -0.494 e. The molecule has 1 heterocycles. The maximum absolute atomic E-state index is 13.5. The molecule has 3 aromatic carbocycles. The van der Waals surface area contributed by atoms with E-state index >= 15 is 0 Å². The van der Waals surface area contributed by atoms with Crippen molar-refractivity contribution in [1.82, 2.24) is 9.21 Å². The zero-order chi connectivity index (χ0) is 23.4. The Hall–Kier alpha value is -2.67. The van der Waals surface area contributed by atoms with Gasteiger partial charge in [-0.15, -0.1) is 0 Å². The summed E-state index contributed by atoms with van der Waals surface area (Å²) in [7, 11) is -3.60. The van der Waals surface area contributed by atoms with Crippen LogP contribution in [-0.2, 0) is 10.0 Å². The largest absolute Gasteiger partial charge is 0.494 e. The molecule has 3 aromatic rings. The molecule has 0 spiro atoms. The summed E-state index contributed by atoms with van der Waals surface area (Å²) < 4.78 is 34.4. The first-order chi connectivity index (χ1) is 15.9. The quantitative estimate of drug-likeness (QED) is 0.504. The van der Waals surface area contributed by atoms with Crippen LogP contribution in [0.3, 0.4) is 0 Å². The summed E-state index contributed by atoms with van der Waals surface area (Å²) in [5.41, 5.74) is 4.14. The second kappa shape index (κ2) is 10.1. The minimum absolute atomic E-state index is 0.0999. The van der Waals surface area contributed by atoms with Crippen LogP contribution in [0.5, 0.6) is 5.75 Å². The van der Waals surface area contributed by atoms with Crippen molar-refractivity contribution in [2.45, 2.75) is 31.7 Å². The van der Waals surface area contributed by atoms with Gasteiger partial charge < -0.3 is 4.74 Å². The van der Waals surface area contributed by atoms with Crippen molar-refractivity contribution in [1.29, 1.82) is 0 Å². The molecule has 33 heavy (non-hydrogen) atoms. The van der Waals surface area contributed by atoms with Crippen molar-refractivity contribution in [2.75, 3.05) is 32.8 Å². The van der Waals surface area contributed by atoms with E-state index in [4.69, 9.17) is 4.74 Å². The summed E-state index contributed by atoms with van der Waals surface area (Å²) in [6.07, 6.45) is 0. The van der Waals surface area contributed by atoms with Crippen molar-refractivity contribution in [3.8, 4) is 5.75 Å². The molecule has 0 unspecified atom stereocenters. The van der Waals surface area contributed by atoms with Crippen LogP contribution in [-0.4, -0.2) is 50.4 Å². The van der Waals surface area contributed by atoms with Gasteiger partial charge in [-0.1, -0.05) is 66.7 Å². The van der Waals surface area contributed by atoms with Gasteiger partial charge in [-0.2, -0.15) is 4.31 Å². The lowest BCUT2D eigenvalue weighted by molar-refractivity contribution is 0.155. The van der Waals surface area contributed by atoms with E-state index in [1.165, 1.54) is 11.1 Å². The fourth-order valence-corrected chi connectivity index (χ4v) is 6.27. The van der Waals surface area contributed by atoms with Crippen LogP contribution >= 0.6 is 0 Å². The van der Waals surface area contributed by atoms with E-state index in [0.717, 1.165) is 11.1 Å². The molecule has 0 N–H and O–H groups in total. The normalized spacial score (nSPS) is 15.6. The van der Waals surface area contributed by atoms with Crippen LogP contribution in [0.25, 0.3) is 0 Å². The van der Waals surface area contributed by atoms with Crippen LogP contribution in [0.4, 0.5) is 0 Å². The molecule has 6 heteroatoms. The molecule has 1 aliphatic rings. The Kier molecular flexibility index (Phi) is 7.17. The van der Waals surface area contributed by atoms with Gasteiger partial charge in [0.05, 0.1) is 17.5 Å². The lowest BCUT2D eigenvalue weighted by atomic mass is 9.96. The summed E-state index contributed by atoms with van der Waals surface area (Å²) in [5.74, 6) is 0.633. The molecule has 174 valence electrons. The highest BCUT2D eigenvalue weighted by atomic mass is 32.2. The van der Waals surface area contributed by atoms with Crippen LogP contribution in [0, 0.1) is 13.8 Å². The van der Waals surface area contributed by atoms with Crippen molar-refractivity contribution >= 4 is 10.0 Å². The van der Waals surface area contributed by atoms with Crippen LogP contribution in [0.15, 0.2) is 77.7 Å². The van der Waals surface area contributed by atoms with E-state index in [-0.39, 0.29) is 6.04 Å². The Morgan fingerprint density at radius 1 is 0.818 bits per heavy atom. The highest BCUT2D eigenvalue weighted by molar-refractivity contribution is 7.89. The van der Waals surface area contributed by atoms with Crippen LogP contribution in [0.2, 0.25) is 0 Å². The highest BCUT2D eigenvalue weighted by Gasteiger charge is 2.33. The van der Waals surface area contributed by atoms with E-state index in [1.54, 1.807) is 10.4 Å². The first-order valence-corrected chi connectivity index (χ1v) is 12.9. The Balaban J connectivity index is 1.57. The molecule has 1 aliphatic heterocycles. The van der Waals surface area contributed by atoms with Crippen molar-refractivity contribution in [2.24, 2.45) is 0 Å². The Morgan fingerprint density at radius 3 is 1.88 bits per heavy atom. The summed E-state index contributed by atoms with van der Waals surface area (Å²) in [4.78, 5) is 2.72. The molecule has 0 aliphatic carbocycles. The number of sulfonamides is 1. The second-order valence-corrected chi connectivity index (χ2v) is 10.4. The number of hydrogen-bond acceptors (Lipinski definition) is 4. The van der Waals surface area contributed by atoms with Crippen LogP contribution in [0.1, 0.15) is 35.2 Å². The predicted octanol–water partition coefficient (Wildman–Crippen LogP) is 4.80. The van der Waals surface area contributed by atoms with Gasteiger partial charge in [0.15, 0.2) is 0 Å². The molecule has 5 nitrogen and oxygen atoms in total. The Morgan fingerprint density at radius 2 is 1.36 bits per heavy atom. The van der Waals surface area contributed by atoms with Gasteiger partial charge in [-0.05, 0) is 43.0 Å². The Bertz CT molecular complexity index is 1130. The van der Waals surface area contributed by atoms with Gasteiger partial charge >= 0.3 is 0 Å². The first kappa shape index (κ1) is 23.5. The molecule has 0 bridgehead atoms. The lowest BCUT2D eigenvalue weighted by Gasteiger charge is -2.39. The lowest BCUT2D eigenvalue weighted by Crippen LogP contribution is -2.49. The number of benzene rings is 3. The molecular weight excluding hydrogens is 432 g/mol. The zero-order valence-corrected chi connectivity index (χ0v) is 20.4. The topological polar surface area (TPSA) is 49.9 Å². The third-order valence-electron chi connectivity index (χ3n) is 6.26. The monoisotopic (exact) mass is 464 g/mol. The van der Waals surface area contributed by atoms with Gasteiger partial charge in [0.2, 0.25) is 10.0 Å². The maximum Gasteiger partial charge on any atom is 0.243 e. The molecule has 0 radical (unpaired) electrons. The highest BCUT2D eigenvalue weighted by Crippen LogP contribution is 2.32. The third-order valence-corrected chi connectivity index (χ3v) is 8.30. The second-order valence-electron chi connectivity index (χ2n) is 8.48. The summed E-state index contributed by atoms with van der Waals surface area (Å²) in [6.45, 7) is 8.44. The van der Waals surface area contributed by atoms with Gasteiger partial charge in [-0.3, -0.25) is 4.90 Å². The number of hydrogen-bond donors (Lipinski definition) is 0. The van der Waals surface area contributed by atoms with Crippen molar-refractivity contribution < 1.29 is 13.2 Å². The van der Waals surface area contributed by atoms with E-state index in [1.807, 2.05) is 39.0 Å². The van der Waals surface area contributed by atoms with E-state index in [2.05, 4.69) is 53.4 Å². The van der Waals surface area contributed by atoms with Crippen molar-refractivity contribution in [3.05, 3.63) is 95.1 Å². The molecule has 4 rings (SSSR count). The SMILES string of the molecule is CCOc1cc(S(=O)(=O)N2CCN(C(c3ccccc3)c3ccccc3)CC2)c(C)cc1C. The van der Waals surface area contributed by atoms with Gasteiger partial charge in [0.1, 0.15) is 5.75 Å². The molecule has 1 fully saturated rings. The van der Waals surface area contributed by atoms with E-state index in [0.29, 0.717) is 43.4 Å². The number of nitrogens with zero attached hydrogens (tertiary/aromatic N) is 2. The van der Waals surface area contributed by atoms with Gasteiger partial charge in [-0.25, -0.2) is 8.42 Å². The predicted molar refractivity (Wildman–Crippen MR) is 132 cm³/mol. The van der Waals surface area contributed by atoms with E-state index < -0.39 is 10.0 Å².